The molecule has 0 aliphatic heterocycles. The van der Waals surface area contributed by atoms with Gasteiger partial charge in [-0.2, -0.15) is 0 Å². The fourth-order valence-electron chi connectivity index (χ4n) is 3.99. The number of aldehydes is 1. The zero-order chi connectivity index (χ0) is 20.1. The molecule has 0 spiro atoms. The Morgan fingerprint density at radius 3 is 2.76 bits per heavy atom. The number of rotatable bonds is 8. The molecule has 0 bridgehead atoms. The van der Waals surface area contributed by atoms with Gasteiger partial charge >= 0.3 is 0 Å². The maximum Gasteiger partial charge on any atom is 0.172 e. The topological polar surface area (TPSA) is 63.1 Å². The van der Waals surface area contributed by atoms with Gasteiger partial charge in [-0.3, -0.25) is 9.78 Å². The van der Waals surface area contributed by atoms with Crippen molar-refractivity contribution in [3.8, 4) is 5.75 Å². The molecule has 3 aromatic rings. The number of aromatic nitrogens is 2. The molecule has 1 N–H and O–H groups in total. The normalized spacial score (nSPS) is 13.4. The Labute approximate surface area is 175 Å². The van der Waals surface area contributed by atoms with Crippen LogP contribution in [-0.4, -0.2) is 27.1 Å². The average molecular weight is 407 g/mol. The number of pyridine rings is 2. The highest BCUT2D eigenvalue weighted by molar-refractivity contribution is 7.99. The Morgan fingerprint density at radius 1 is 1.00 bits per heavy atom. The lowest BCUT2D eigenvalue weighted by Crippen LogP contribution is -2.07. The summed E-state index contributed by atoms with van der Waals surface area (Å²) in [5.74, 6) is 1.05. The van der Waals surface area contributed by atoms with Crippen LogP contribution in [-0.2, 0) is 19.3 Å². The average Bonchev–Trinajstić information content (AvgIpc) is 2.76. The summed E-state index contributed by atoms with van der Waals surface area (Å²) < 4.78 is 0. The first kappa shape index (κ1) is 19.9. The fraction of sp³-hybridized carbons (Fsp3) is 0.375. The molecular formula is C24H26N2O2S. The molecule has 0 radical (unpaired) electrons. The molecule has 0 amide bonds. The van der Waals surface area contributed by atoms with E-state index in [2.05, 4.69) is 29.2 Å². The number of fused-ring (bicyclic) bond motifs is 2. The third kappa shape index (κ3) is 4.61. The number of thioether (sulfide) groups is 1. The maximum atomic E-state index is 10.9. The van der Waals surface area contributed by atoms with E-state index in [1.807, 2.05) is 11.8 Å². The van der Waals surface area contributed by atoms with Crippen molar-refractivity contribution in [2.45, 2.75) is 56.3 Å². The van der Waals surface area contributed by atoms with Crippen LogP contribution in [0.15, 0.2) is 41.3 Å². The van der Waals surface area contributed by atoms with Gasteiger partial charge in [-0.1, -0.05) is 24.6 Å². The Morgan fingerprint density at radius 2 is 1.86 bits per heavy atom. The van der Waals surface area contributed by atoms with Crippen molar-refractivity contribution in [3.63, 3.8) is 0 Å². The van der Waals surface area contributed by atoms with Gasteiger partial charge < -0.3 is 5.11 Å². The van der Waals surface area contributed by atoms with E-state index in [0.717, 1.165) is 55.5 Å². The third-order valence-electron chi connectivity index (χ3n) is 5.51. The monoisotopic (exact) mass is 406 g/mol. The Bertz CT molecular complexity index is 1020. The molecule has 0 unspecified atom stereocenters. The number of carbonyl (C=O) groups excluding carboxylic acids is 1. The summed E-state index contributed by atoms with van der Waals surface area (Å²) in [6.45, 7) is 0. The predicted molar refractivity (Wildman–Crippen MR) is 118 cm³/mol. The van der Waals surface area contributed by atoms with Crippen LogP contribution >= 0.6 is 11.8 Å². The highest BCUT2D eigenvalue weighted by atomic mass is 32.2. The quantitative estimate of drug-likeness (QED) is 0.303. The van der Waals surface area contributed by atoms with Gasteiger partial charge in [0.15, 0.2) is 6.29 Å². The standard InChI is InChI=1S/C24H26N2O2S/c27-16-22-23(28)14-13-17(25-22)8-2-1-7-15-29-24-18-9-3-5-11-20(18)26-21-12-6-4-10-19(21)24/h3,5,9,11,13-14,16,28H,1-2,4,6-8,10,12,15H2. The largest absolute Gasteiger partial charge is 0.506 e. The molecule has 0 fully saturated rings. The Balaban J connectivity index is 1.34. The summed E-state index contributed by atoms with van der Waals surface area (Å²) in [6, 6.07) is 11.9. The molecule has 0 saturated carbocycles. The number of nitrogens with zero attached hydrogens (tertiary/aromatic N) is 2. The number of hydrogen-bond donors (Lipinski definition) is 1. The van der Waals surface area contributed by atoms with E-state index in [9.17, 15) is 9.90 Å². The molecule has 2 heterocycles. The van der Waals surface area contributed by atoms with E-state index in [0.29, 0.717) is 6.29 Å². The van der Waals surface area contributed by atoms with Gasteiger partial charge in [0.05, 0.1) is 5.52 Å². The molecule has 1 aromatic carbocycles. The van der Waals surface area contributed by atoms with E-state index in [1.165, 1.54) is 34.4 Å². The predicted octanol–water partition coefficient (Wildman–Crippen LogP) is 5.53. The maximum absolute atomic E-state index is 10.9. The van der Waals surface area contributed by atoms with Crippen molar-refractivity contribution in [1.82, 2.24) is 9.97 Å². The molecule has 0 atom stereocenters. The SMILES string of the molecule is O=Cc1nc(CCCCCSc2c3c(nc4ccccc24)CCCC3)ccc1O. The van der Waals surface area contributed by atoms with Crippen LogP contribution in [0.2, 0.25) is 0 Å². The van der Waals surface area contributed by atoms with E-state index < -0.39 is 0 Å². The van der Waals surface area contributed by atoms with Crippen LogP contribution < -0.4 is 0 Å². The van der Waals surface area contributed by atoms with Crippen LogP contribution in [0, 0.1) is 0 Å². The molecule has 1 aliphatic carbocycles. The first-order valence-electron chi connectivity index (χ1n) is 10.4. The molecule has 4 rings (SSSR count). The van der Waals surface area contributed by atoms with E-state index in [4.69, 9.17) is 4.98 Å². The zero-order valence-corrected chi connectivity index (χ0v) is 17.4. The number of hydrogen-bond acceptors (Lipinski definition) is 5. The number of aryl methyl sites for hydroxylation is 2. The van der Waals surface area contributed by atoms with Crippen LogP contribution in [0.1, 0.15) is 59.5 Å². The van der Waals surface area contributed by atoms with Gasteiger partial charge in [-0.25, -0.2) is 4.98 Å². The van der Waals surface area contributed by atoms with Crippen LogP contribution in [0.3, 0.4) is 0 Å². The van der Waals surface area contributed by atoms with Crippen LogP contribution in [0.4, 0.5) is 0 Å². The van der Waals surface area contributed by atoms with Crippen molar-refractivity contribution in [3.05, 3.63) is 59.0 Å². The minimum Gasteiger partial charge on any atom is -0.506 e. The highest BCUT2D eigenvalue weighted by Crippen LogP contribution is 2.36. The van der Waals surface area contributed by atoms with Crippen LogP contribution in [0.25, 0.3) is 10.9 Å². The van der Waals surface area contributed by atoms with Crippen molar-refractivity contribution in [2.24, 2.45) is 0 Å². The molecule has 1 aliphatic rings. The number of carbonyl (C=O) groups is 1. The van der Waals surface area contributed by atoms with E-state index in [-0.39, 0.29) is 11.4 Å². The first-order valence-corrected chi connectivity index (χ1v) is 11.4. The van der Waals surface area contributed by atoms with Gasteiger partial charge in [-0.15, -0.1) is 11.8 Å². The lowest BCUT2D eigenvalue weighted by Gasteiger charge is -2.20. The molecular weight excluding hydrogens is 380 g/mol. The number of aromatic hydroxyl groups is 1. The molecule has 5 heteroatoms. The summed E-state index contributed by atoms with van der Waals surface area (Å²) >= 11 is 1.98. The smallest absolute Gasteiger partial charge is 0.172 e. The van der Waals surface area contributed by atoms with Crippen LogP contribution in [0.5, 0.6) is 5.75 Å². The first-order chi connectivity index (χ1) is 14.3. The highest BCUT2D eigenvalue weighted by Gasteiger charge is 2.18. The second kappa shape index (κ2) is 9.40. The van der Waals surface area contributed by atoms with Crippen molar-refractivity contribution >= 4 is 29.0 Å². The lowest BCUT2D eigenvalue weighted by molar-refractivity contribution is 0.111. The van der Waals surface area contributed by atoms with Crippen molar-refractivity contribution in [2.75, 3.05) is 5.75 Å². The van der Waals surface area contributed by atoms with Gasteiger partial charge in [0.25, 0.3) is 0 Å². The minimum absolute atomic E-state index is 0.0481. The minimum atomic E-state index is -0.0481. The summed E-state index contributed by atoms with van der Waals surface area (Å²) in [5, 5.41) is 10.8. The second-order valence-corrected chi connectivity index (χ2v) is 8.68. The molecule has 2 aromatic heterocycles. The van der Waals surface area contributed by atoms with Gasteiger partial charge in [0, 0.05) is 21.7 Å². The zero-order valence-electron chi connectivity index (χ0n) is 16.6. The number of unbranched alkanes of at least 4 members (excludes halogenated alkanes) is 2. The molecule has 29 heavy (non-hydrogen) atoms. The van der Waals surface area contributed by atoms with Crippen molar-refractivity contribution < 1.29 is 9.90 Å². The molecule has 150 valence electrons. The lowest BCUT2D eigenvalue weighted by atomic mass is 9.94. The fourth-order valence-corrected chi connectivity index (χ4v) is 5.26. The Kier molecular flexibility index (Phi) is 6.45. The Hall–Kier alpha value is -2.40. The van der Waals surface area contributed by atoms with Gasteiger partial charge in [-0.05, 0) is 74.5 Å². The summed E-state index contributed by atoms with van der Waals surface area (Å²) in [4.78, 5) is 21.5. The summed E-state index contributed by atoms with van der Waals surface area (Å²) in [7, 11) is 0. The van der Waals surface area contributed by atoms with E-state index in [1.54, 1.807) is 12.1 Å². The summed E-state index contributed by atoms with van der Waals surface area (Å²) in [5.41, 5.74) is 4.91. The number of para-hydroxylation sites is 1. The third-order valence-corrected chi connectivity index (χ3v) is 6.76. The summed E-state index contributed by atoms with van der Waals surface area (Å²) in [6.07, 6.45) is 9.52. The number of benzene rings is 1. The second-order valence-electron chi connectivity index (χ2n) is 7.57. The van der Waals surface area contributed by atoms with Gasteiger partial charge in [0.2, 0.25) is 0 Å². The molecule has 0 saturated heterocycles. The molecule has 4 nitrogen and oxygen atoms in total. The van der Waals surface area contributed by atoms with E-state index >= 15 is 0 Å². The van der Waals surface area contributed by atoms with Gasteiger partial charge in [0.1, 0.15) is 11.4 Å². The van der Waals surface area contributed by atoms with Crippen molar-refractivity contribution in [1.29, 1.82) is 0 Å².